The van der Waals surface area contributed by atoms with Gasteiger partial charge < -0.3 is 19.4 Å². The molecule has 9 heteroatoms. The second kappa shape index (κ2) is 9.63. The molecule has 0 unspecified atom stereocenters. The van der Waals surface area contributed by atoms with Crippen LogP contribution in [0.3, 0.4) is 0 Å². The van der Waals surface area contributed by atoms with Gasteiger partial charge in [0.15, 0.2) is 0 Å². The molecule has 0 bridgehead atoms. The fourth-order valence-electron chi connectivity index (χ4n) is 4.39. The average Bonchev–Trinajstić information content (AvgIpc) is 2.88. The predicted molar refractivity (Wildman–Crippen MR) is 137 cm³/mol. The number of nitrogens with one attached hydrogen (secondary N) is 1. The van der Waals surface area contributed by atoms with E-state index >= 15 is 0 Å². The number of nitro groups is 1. The molecule has 0 radical (unpaired) electrons. The zero-order chi connectivity index (χ0) is 25.2. The smallest absolute Gasteiger partial charge is 0.344 e. The van der Waals surface area contributed by atoms with Crippen molar-refractivity contribution in [2.45, 2.75) is 6.92 Å². The predicted octanol–water partition coefficient (Wildman–Crippen LogP) is 4.77. The number of non-ortho nitro benzene ring substituents is 1. The van der Waals surface area contributed by atoms with Crippen LogP contribution in [0.2, 0.25) is 0 Å². The molecule has 1 N–H and O–H groups in total. The Kier molecular flexibility index (Phi) is 6.22. The standard InChI is InChI=1S/C27H23N3O6/c1-17-14-19(6-8-21(17)22-15-18-4-2-3-5-25(18)36-27(22)32)28-26(31)23-16-20(30(33)34)7-9-24(23)29-10-12-35-13-11-29/h2-9,14-16H,10-13H2,1H3,(H,28,31). The lowest BCUT2D eigenvalue weighted by Gasteiger charge is -2.30. The molecule has 1 aromatic heterocycles. The number of anilines is 2. The van der Waals surface area contributed by atoms with Gasteiger partial charge in [0.25, 0.3) is 11.6 Å². The summed E-state index contributed by atoms with van der Waals surface area (Å²) in [7, 11) is 0. The van der Waals surface area contributed by atoms with Crippen molar-refractivity contribution in [3.05, 3.63) is 98.4 Å². The fourth-order valence-corrected chi connectivity index (χ4v) is 4.39. The lowest BCUT2D eigenvalue weighted by atomic mass is 10.00. The molecule has 2 heterocycles. The van der Waals surface area contributed by atoms with Crippen LogP contribution < -0.4 is 15.8 Å². The van der Waals surface area contributed by atoms with Crippen LogP contribution in [0.5, 0.6) is 0 Å². The molecule has 4 aromatic rings. The van der Waals surface area contributed by atoms with Crippen molar-refractivity contribution in [2.24, 2.45) is 0 Å². The van der Waals surface area contributed by atoms with E-state index in [0.29, 0.717) is 54.4 Å². The van der Waals surface area contributed by atoms with Crippen LogP contribution in [-0.4, -0.2) is 37.1 Å². The number of carbonyl (C=O) groups is 1. The molecule has 0 spiro atoms. The van der Waals surface area contributed by atoms with E-state index in [9.17, 15) is 19.7 Å². The topological polar surface area (TPSA) is 115 Å². The number of aryl methyl sites for hydroxylation is 1. The van der Waals surface area contributed by atoms with E-state index in [1.165, 1.54) is 12.1 Å². The maximum Gasteiger partial charge on any atom is 0.344 e. The van der Waals surface area contributed by atoms with Gasteiger partial charge in [0.2, 0.25) is 0 Å². The quantitative estimate of drug-likeness (QED) is 0.246. The lowest BCUT2D eigenvalue weighted by molar-refractivity contribution is -0.384. The molecule has 1 fully saturated rings. The van der Waals surface area contributed by atoms with E-state index in [2.05, 4.69) is 5.32 Å². The van der Waals surface area contributed by atoms with E-state index in [1.807, 2.05) is 24.0 Å². The number of ether oxygens (including phenoxy) is 1. The fraction of sp³-hybridized carbons (Fsp3) is 0.185. The Labute approximate surface area is 206 Å². The number of carbonyl (C=O) groups excluding carboxylic acids is 1. The van der Waals surface area contributed by atoms with E-state index in [-0.39, 0.29) is 11.3 Å². The van der Waals surface area contributed by atoms with Crippen molar-refractivity contribution in [2.75, 3.05) is 36.5 Å². The van der Waals surface area contributed by atoms with Gasteiger partial charge in [0.05, 0.1) is 35.0 Å². The zero-order valence-corrected chi connectivity index (χ0v) is 19.5. The summed E-state index contributed by atoms with van der Waals surface area (Å²) in [5.74, 6) is -0.461. The summed E-state index contributed by atoms with van der Waals surface area (Å²) in [5, 5.41) is 15.0. The van der Waals surface area contributed by atoms with Crippen molar-refractivity contribution in [1.82, 2.24) is 0 Å². The first-order valence-corrected chi connectivity index (χ1v) is 11.5. The van der Waals surface area contributed by atoms with Gasteiger partial charge in [-0.1, -0.05) is 24.3 Å². The molecule has 9 nitrogen and oxygen atoms in total. The number of hydrogen-bond acceptors (Lipinski definition) is 7. The summed E-state index contributed by atoms with van der Waals surface area (Å²) in [5.41, 5.74) is 3.13. The zero-order valence-electron chi connectivity index (χ0n) is 19.5. The molecule has 0 aliphatic carbocycles. The molecule has 0 atom stereocenters. The molecule has 5 rings (SSSR count). The highest BCUT2D eigenvalue weighted by atomic mass is 16.6. The number of rotatable bonds is 5. The Morgan fingerprint density at radius 1 is 1.00 bits per heavy atom. The summed E-state index contributed by atoms with van der Waals surface area (Å²) < 4.78 is 10.9. The molecule has 1 aliphatic heterocycles. The Bertz CT molecular complexity index is 1540. The van der Waals surface area contributed by atoms with E-state index in [4.69, 9.17) is 9.15 Å². The van der Waals surface area contributed by atoms with Crippen molar-refractivity contribution in [3.63, 3.8) is 0 Å². The molecule has 1 aliphatic rings. The van der Waals surface area contributed by atoms with Gasteiger partial charge in [-0.05, 0) is 48.4 Å². The van der Waals surface area contributed by atoms with E-state index < -0.39 is 16.5 Å². The molecule has 3 aromatic carbocycles. The van der Waals surface area contributed by atoms with E-state index in [0.717, 1.165) is 10.9 Å². The Hall–Kier alpha value is -4.50. The largest absolute Gasteiger partial charge is 0.422 e. The van der Waals surface area contributed by atoms with Gasteiger partial charge in [-0.2, -0.15) is 0 Å². The number of benzene rings is 3. The van der Waals surface area contributed by atoms with Gasteiger partial charge in [-0.15, -0.1) is 0 Å². The summed E-state index contributed by atoms with van der Waals surface area (Å²) in [6, 6.07) is 18.6. The second-order valence-corrected chi connectivity index (χ2v) is 8.53. The van der Waals surface area contributed by atoms with E-state index in [1.54, 1.807) is 42.5 Å². The summed E-state index contributed by atoms with van der Waals surface area (Å²) >= 11 is 0. The highest BCUT2D eigenvalue weighted by Crippen LogP contribution is 2.29. The number of hydrogen-bond donors (Lipinski definition) is 1. The molecule has 0 saturated carbocycles. The highest BCUT2D eigenvalue weighted by molar-refractivity contribution is 6.08. The van der Waals surface area contributed by atoms with Crippen LogP contribution in [0.4, 0.5) is 17.1 Å². The summed E-state index contributed by atoms with van der Waals surface area (Å²) in [6.45, 7) is 4.04. The lowest BCUT2D eigenvalue weighted by Crippen LogP contribution is -2.37. The van der Waals surface area contributed by atoms with Gasteiger partial charge in [0.1, 0.15) is 5.58 Å². The minimum absolute atomic E-state index is 0.160. The van der Waals surface area contributed by atoms with Crippen molar-refractivity contribution >= 4 is 33.9 Å². The first-order valence-electron chi connectivity index (χ1n) is 11.5. The van der Waals surface area contributed by atoms with Gasteiger partial charge in [0, 0.05) is 36.3 Å². The number of amides is 1. The van der Waals surface area contributed by atoms with Crippen molar-refractivity contribution in [1.29, 1.82) is 0 Å². The number of nitrogens with zero attached hydrogens (tertiary/aromatic N) is 2. The molecular weight excluding hydrogens is 462 g/mol. The normalized spacial score (nSPS) is 13.5. The van der Waals surface area contributed by atoms with Crippen LogP contribution in [0, 0.1) is 17.0 Å². The highest BCUT2D eigenvalue weighted by Gasteiger charge is 2.22. The van der Waals surface area contributed by atoms with Crippen LogP contribution in [0.15, 0.2) is 75.9 Å². The monoisotopic (exact) mass is 485 g/mol. The Morgan fingerprint density at radius 3 is 2.53 bits per heavy atom. The van der Waals surface area contributed by atoms with Crippen LogP contribution >= 0.6 is 0 Å². The van der Waals surface area contributed by atoms with Crippen molar-refractivity contribution in [3.8, 4) is 11.1 Å². The third-order valence-corrected chi connectivity index (χ3v) is 6.20. The molecule has 1 amide bonds. The maximum absolute atomic E-state index is 13.3. The van der Waals surface area contributed by atoms with Gasteiger partial charge >= 0.3 is 5.63 Å². The summed E-state index contributed by atoms with van der Waals surface area (Å²) in [4.78, 5) is 38.7. The average molecular weight is 485 g/mol. The third-order valence-electron chi connectivity index (χ3n) is 6.20. The SMILES string of the molecule is Cc1cc(NC(=O)c2cc([N+](=O)[O-])ccc2N2CCOCC2)ccc1-c1cc2ccccc2oc1=O. The summed E-state index contributed by atoms with van der Waals surface area (Å²) in [6.07, 6.45) is 0. The number of para-hydroxylation sites is 1. The molecule has 182 valence electrons. The Balaban J connectivity index is 1.45. The first-order chi connectivity index (χ1) is 17.4. The molecular formula is C27H23N3O6. The minimum atomic E-state index is -0.520. The number of nitro benzene ring substituents is 1. The number of morpholine rings is 1. The third kappa shape index (κ3) is 4.56. The second-order valence-electron chi connectivity index (χ2n) is 8.53. The Morgan fingerprint density at radius 2 is 1.78 bits per heavy atom. The van der Waals surface area contributed by atoms with Gasteiger partial charge in [-0.3, -0.25) is 14.9 Å². The number of fused-ring (bicyclic) bond motifs is 1. The van der Waals surface area contributed by atoms with Crippen LogP contribution in [0.25, 0.3) is 22.1 Å². The minimum Gasteiger partial charge on any atom is -0.422 e. The van der Waals surface area contributed by atoms with Crippen LogP contribution in [0.1, 0.15) is 15.9 Å². The molecule has 1 saturated heterocycles. The molecule has 36 heavy (non-hydrogen) atoms. The van der Waals surface area contributed by atoms with Crippen molar-refractivity contribution < 1.29 is 18.9 Å². The first kappa shape index (κ1) is 23.3. The van der Waals surface area contributed by atoms with Crippen LogP contribution in [-0.2, 0) is 4.74 Å². The maximum atomic E-state index is 13.3. The van der Waals surface area contributed by atoms with Gasteiger partial charge in [-0.25, -0.2) is 4.79 Å².